The highest BCUT2D eigenvalue weighted by molar-refractivity contribution is 7.90. The van der Waals surface area contributed by atoms with Crippen LogP contribution in [0.3, 0.4) is 0 Å². The first-order chi connectivity index (χ1) is 18.2. The van der Waals surface area contributed by atoms with Gasteiger partial charge in [0.05, 0.1) is 40.2 Å². The van der Waals surface area contributed by atoms with Gasteiger partial charge >= 0.3 is 0 Å². The maximum Gasteiger partial charge on any atom is 0.195 e. The molecule has 3 heterocycles. The van der Waals surface area contributed by atoms with Crippen molar-refractivity contribution in [2.45, 2.75) is 24.8 Å². The van der Waals surface area contributed by atoms with E-state index < -0.39 is 9.84 Å². The van der Waals surface area contributed by atoms with Gasteiger partial charge in [-0.3, -0.25) is 15.4 Å². The maximum atomic E-state index is 11.7. The zero-order valence-corrected chi connectivity index (χ0v) is 22.5. The highest BCUT2D eigenvalue weighted by Crippen LogP contribution is 2.26. The Labute approximate surface area is 223 Å². The SMILES string of the molecule is CC(C)C1CN(c2cnc(-c3ccc(S(C)(=O)=O)cc3)cn2)CCN1C(=N)Nc1cccc2ncccc12. The Morgan fingerprint density at radius 3 is 2.47 bits per heavy atom. The number of hydrogen-bond donors (Lipinski definition) is 2. The van der Waals surface area contributed by atoms with Crippen LogP contribution in [0.2, 0.25) is 0 Å². The van der Waals surface area contributed by atoms with Gasteiger partial charge in [-0.15, -0.1) is 0 Å². The lowest BCUT2D eigenvalue weighted by Gasteiger charge is -2.44. The Bertz CT molecular complexity index is 1550. The van der Waals surface area contributed by atoms with Crippen LogP contribution in [0, 0.1) is 11.3 Å². The number of rotatable bonds is 5. The van der Waals surface area contributed by atoms with Crippen LogP contribution in [0.4, 0.5) is 11.5 Å². The van der Waals surface area contributed by atoms with Crippen molar-refractivity contribution in [1.29, 1.82) is 5.41 Å². The quantitative estimate of drug-likeness (QED) is 0.291. The summed E-state index contributed by atoms with van der Waals surface area (Å²) in [6.07, 6.45) is 6.45. The van der Waals surface area contributed by atoms with Crippen LogP contribution in [0.25, 0.3) is 22.2 Å². The highest BCUT2D eigenvalue weighted by atomic mass is 32.2. The summed E-state index contributed by atoms with van der Waals surface area (Å²) in [5.74, 6) is 1.47. The van der Waals surface area contributed by atoms with Crippen LogP contribution in [-0.2, 0) is 9.84 Å². The predicted molar refractivity (Wildman–Crippen MR) is 151 cm³/mol. The summed E-state index contributed by atoms with van der Waals surface area (Å²) >= 11 is 0. The van der Waals surface area contributed by atoms with E-state index in [4.69, 9.17) is 5.41 Å². The van der Waals surface area contributed by atoms with Crippen molar-refractivity contribution in [2.75, 3.05) is 36.1 Å². The number of nitrogens with one attached hydrogen (secondary N) is 2. The topological polar surface area (TPSA) is 115 Å². The fourth-order valence-corrected chi connectivity index (χ4v) is 5.41. The Kier molecular flexibility index (Phi) is 6.98. The third kappa shape index (κ3) is 5.31. The largest absolute Gasteiger partial charge is 0.351 e. The summed E-state index contributed by atoms with van der Waals surface area (Å²) < 4.78 is 23.5. The third-order valence-corrected chi connectivity index (χ3v) is 8.04. The molecule has 1 aliphatic heterocycles. The van der Waals surface area contributed by atoms with Crippen LogP contribution in [-0.4, -0.2) is 66.2 Å². The lowest BCUT2D eigenvalue weighted by atomic mass is 9.99. The zero-order valence-electron chi connectivity index (χ0n) is 21.7. The van der Waals surface area contributed by atoms with E-state index in [2.05, 4.69) is 43.9 Å². The fourth-order valence-electron chi connectivity index (χ4n) is 4.78. The maximum absolute atomic E-state index is 11.7. The number of hydrogen-bond acceptors (Lipinski definition) is 7. The minimum absolute atomic E-state index is 0.113. The number of fused-ring (bicyclic) bond motifs is 1. The van der Waals surface area contributed by atoms with Gasteiger partial charge in [-0.2, -0.15) is 0 Å². The molecular weight excluding hydrogens is 498 g/mol. The number of anilines is 2. The summed E-state index contributed by atoms with van der Waals surface area (Å²) in [5, 5.41) is 13.2. The van der Waals surface area contributed by atoms with Gasteiger partial charge in [0, 0.05) is 43.0 Å². The average Bonchev–Trinajstić information content (AvgIpc) is 2.92. The van der Waals surface area contributed by atoms with Crippen molar-refractivity contribution >= 4 is 38.2 Å². The van der Waals surface area contributed by atoms with Gasteiger partial charge in [0.15, 0.2) is 15.8 Å². The molecule has 2 aromatic carbocycles. The van der Waals surface area contributed by atoms with Gasteiger partial charge in [-0.1, -0.05) is 32.0 Å². The molecule has 196 valence electrons. The number of nitrogens with zero attached hydrogens (tertiary/aromatic N) is 5. The summed E-state index contributed by atoms with van der Waals surface area (Å²) in [7, 11) is -3.24. The third-order valence-electron chi connectivity index (χ3n) is 6.91. The summed E-state index contributed by atoms with van der Waals surface area (Å²) in [6, 6.07) is 16.6. The zero-order chi connectivity index (χ0) is 26.9. The second-order valence-corrected chi connectivity index (χ2v) is 11.9. The number of piperazine rings is 1. The molecule has 0 amide bonds. The van der Waals surface area contributed by atoms with Crippen molar-refractivity contribution < 1.29 is 8.42 Å². The van der Waals surface area contributed by atoms with Crippen LogP contribution >= 0.6 is 0 Å². The lowest BCUT2D eigenvalue weighted by molar-refractivity contribution is 0.222. The molecule has 1 atom stereocenters. The number of sulfone groups is 1. The van der Waals surface area contributed by atoms with Crippen molar-refractivity contribution in [3.05, 3.63) is 73.2 Å². The standard InChI is InChI=1S/C28H31N7O2S/c1-19(2)26-18-34(27-17-31-25(16-32-27)20-9-11-21(12-10-20)38(3,36)37)14-15-35(26)28(29)33-24-8-4-7-23-22(24)6-5-13-30-23/h4-13,16-17,19,26H,14-15,18H2,1-3H3,(H2,29,33). The van der Waals surface area contributed by atoms with E-state index in [1.165, 1.54) is 6.26 Å². The van der Waals surface area contributed by atoms with Gasteiger partial charge in [-0.25, -0.2) is 13.4 Å². The molecule has 38 heavy (non-hydrogen) atoms. The Morgan fingerprint density at radius 1 is 1.00 bits per heavy atom. The Balaban J connectivity index is 1.29. The van der Waals surface area contributed by atoms with Gasteiger partial charge in [0.1, 0.15) is 5.82 Å². The molecule has 0 aliphatic carbocycles. The molecule has 0 saturated carbocycles. The van der Waals surface area contributed by atoms with E-state index in [0.29, 0.717) is 30.7 Å². The second kappa shape index (κ2) is 10.4. The van der Waals surface area contributed by atoms with Crippen LogP contribution in [0.5, 0.6) is 0 Å². The first-order valence-electron chi connectivity index (χ1n) is 12.5. The van der Waals surface area contributed by atoms with Crippen molar-refractivity contribution in [1.82, 2.24) is 19.9 Å². The molecule has 2 N–H and O–H groups in total. The van der Waals surface area contributed by atoms with Crippen LogP contribution in [0.1, 0.15) is 13.8 Å². The van der Waals surface area contributed by atoms with E-state index in [0.717, 1.165) is 34.5 Å². The minimum atomic E-state index is -3.24. The van der Waals surface area contributed by atoms with Crippen molar-refractivity contribution in [3.63, 3.8) is 0 Å². The molecule has 10 heteroatoms. The molecule has 9 nitrogen and oxygen atoms in total. The molecule has 5 rings (SSSR count). The number of aromatic nitrogens is 3. The summed E-state index contributed by atoms with van der Waals surface area (Å²) in [4.78, 5) is 18.3. The van der Waals surface area contributed by atoms with E-state index >= 15 is 0 Å². The summed E-state index contributed by atoms with van der Waals surface area (Å²) in [5.41, 5.74) is 3.26. The normalized spacial score (nSPS) is 16.2. The Morgan fingerprint density at radius 2 is 1.79 bits per heavy atom. The predicted octanol–water partition coefficient (Wildman–Crippen LogP) is 4.29. The van der Waals surface area contributed by atoms with Crippen LogP contribution < -0.4 is 10.2 Å². The van der Waals surface area contributed by atoms with Crippen LogP contribution in [0.15, 0.2) is 78.1 Å². The van der Waals surface area contributed by atoms with Gasteiger partial charge in [0.25, 0.3) is 0 Å². The molecule has 1 fully saturated rings. The van der Waals surface area contributed by atoms with E-state index in [1.54, 1.807) is 42.9 Å². The number of guanidine groups is 1. The lowest BCUT2D eigenvalue weighted by Crippen LogP contribution is -2.58. The molecule has 4 aromatic rings. The van der Waals surface area contributed by atoms with Gasteiger partial charge in [-0.05, 0) is 42.3 Å². The molecule has 1 unspecified atom stereocenters. The smallest absolute Gasteiger partial charge is 0.195 e. The Hall–Kier alpha value is -4.05. The number of pyridine rings is 1. The van der Waals surface area contributed by atoms with E-state index in [9.17, 15) is 8.42 Å². The average molecular weight is 530 g/mol. The molecule has 2 aromatic heterocycles. The summed E-state index contributed by atoms with van der Waals surface area (Å²) in [6.45, 7) is 6.45. The van der Waals surface area contributed by atoms with Crippen molar-refractivity contribution in [2.24, 2.45) is 5.92 Å². The molecular formula is C28H31N7O2S. The molecule has 0 spiro atoms. The van der Waals surface area contributed by atoms with Crippen molar-refractivity contribution in [3.8, 4) is 11.3 Å². The first-order valence-corrected chi connectivity index (χ1v) is 14.4. The molecule has 0 radical (unpaired) electrons. The van der Waals surface area contributed by atoms with E-state index in [-0.39, 0.29) is 10.9 Å². The van der Waals surface area contributed by atoms with Gasteiger partial charge < -0.3 is 15.1 Å². The highest BCUT2D eigenvalue weighted by Gasteiger charge is 2.32. The second-order valence-electron chi connectivity index (χ2n) is 9.86. The molecule has 1 saturated heterocycles. The molecule has 0 bridgehead atoms. The minimum Gasteiger partial charge on any atom is -0.351 e. The van der Waals surface area contributed by atoms with E-state index in [1.807, 2.05) is 30.3 Å². The van der Waals surface area contributed by atoms with Gasteiger partial charge in [0.2, 0.25) is 0 Å². The first kappa shape index (κ1) is 25.6. The fraction of sp³-hybridized carbons (Fsp3) is 0.286. The number of benzene rings is 2. The molecule has 1 aliphatic rings. The monoisotopic (exact) mass is 529 g/mol.